The van der Waals surface area contributed by atoms with E-state index in [1.54, 1.807) is 0 Å². The van der Waals surface area contributed by atoms with Gasteiger partial charge < -0.3 is 10.4 Å². The van der Waals surface area contributed by atoms with Crippen LogP contribution in [0.25, 0.3) is 0 Å². The van der Waals surface area contributed by atoms with E-state index < -0.39 is 0 Å². The first-order valence-corrected chi connectivity index (χ1v) is 7.51. The Kier molecular flexibility index (Phi) is 5.12. The number of hydrogen-bond donors (Lipinski definition) is 2. The zero-order valence-corrected chi connectivity index (χ0v) is 12.3. The second-order valence-electron chi connectivity index (χ2n) is 5.74. The lowest BCUT2D eigenvalue weighted by molar-refractivity contribution is -0.127. The average Bonchev–Trinajstić information content (AvgIpc) is 2.46. The molecule has 0 bridgehead atoms. The average molecular weight is 276 g/mol. The zero-order valence-electron chi connectivity index (χ0n) is 12.3. The monoisotopic (exact) mass is 276 g/mol. The summed E-state index contributed by atoms with van der Waals surface area (Å²) in [7, 11) is 0. The van der Waals surface area contributed by atoms with Crippen LogP contribution in [0.2, 0.25) is 0 Å². The van der Waals surface area contributed by atoms with Crippen LogP contribution >= 0.6 is 0 Å². The van der Waals surface area contributed by atoms with E-state index in [-0.39, 0.29) is 24.0 Å². The molecule has 0 radical (unpaired) electrons. The SMILES string of the molecule is CC[C@H](NC(=O)C1CCC(O)CC1)c1ccc(C)cn1. The molecule has 1 fully saturated rings. The summed E-state index contributed by atoms with van der Waals surface area (Å²) in [4.78, 5) is 16.7. The minimum Gasteiger partial charge on any atom is -0.393 e. The molecule has 0 unspecified atom stereocenters. The summed E-state index contributed by atoms with van der Waals surface area (Å²) in [6, 6.07) is 3.98. The fourth-order valence-corrected chi connectivity index (χ4v) is 2.70. The Morgan fingerprint density at radius 1 is 1.40 bits per heavy atom. The Bertz CT molecular complexity index is 436. The Hall–Kier alpha value is -1.42. The number of nitrogens with zero attached hydrogens (tertiary/aromatic N) is 1. The maximum Gasteiger partial charge on any atom is 0.223 e. The molecule has 0 aliphatic heterocycles. The van der Waals surface area contributed by atoms with Gasteiger partial charge in [0, 0.05) is 12.1 Å². The van der Waals surface area contributed by atoms with Gasteiger partial charge in [-0.2, -0.15) is 0 Å². The van der Waals surface area contributed by atoms with E-state index in [0.29, 0.717) is 0 Å². The first-order chi connectivity index (χ1) is 9.60. The number of carbonyl (C=O) groups excluding carboxylic acids is 1. The fourth-order valence-electron chi connectivity index (χ4n) is 2.70. The quantitative estimate of drug-likeness (QED) is 0.888. The first-order valence-electron chi connectivity index (χ1n) is 7.51. The molecule has 1 atom stereocenters. The molecule has 1 heterocycles. The number of carbonyl (C=O) groups is 1. The van der Waals surface area contributed by atoms with Crippen LogP contribution in [-0.2, 0) is 4.79 Å². The molecule has 1 saturated carbocycles. The predicted molar refractivity (Wildman–Crippen MR) is 78.1 cm³/mol. The van der Waals surface area contributed by atoms with Gasteiger partial charge in [0.1, 0.15) is 0 Å². The molecule has 4 nitrogen and oxygen atoms in total. The smallest absolute Gasteiger partial charge is 0.223 e. The van der Waals surface area contributed by atoms with E-state index in [2.05, 4.69) is 17.2 Å². The van der Waals surface area contributed by atoms with Crippen LogP contribution in [-0.4, -0.2) is 22.1 Å². The van der Waals surface area contributed by atoms with Crippen LogP contribution in [0.4, 0.5) is 0 Å². The minimum absolute atomic E-state index is 0.0186. The van der Waals surface area contributed by atoms with Crippen molar-refractivity contribution in [3.8, 4) is 0 Å². The summed E-state index contributed by atoms with van der Waals surface area (Å²) in [5.41, 5.74) is 2.04. The van der Waals surface area contributed by atoms with Crippen molar-refractivity contribution < 1.29 is 9.90 Å². The third-order valence-electron chi connectivity index (χ3n) is 4.08. The van der Waals surface area contributed by atoms with Gasteiger partial charge in [0.25, 0.3) is 0 Å². The molecule has 1 aliphatic carbocycles. The van der Waals surface area contributed by atoms with Crippen molar-refractivity contribution in [1.29, 1.82) is 0 Å². The number of aliphatic hydroxyl groups excluding tert-OH is 1. The molecule has 2 N–H and O–H groups in total. The highest BCUT2D eigenvalue weighted by atomic mass is 16.3. The third kappa shape index (κ3) is 3.79. The van der Waals surface area contributed by atoms with Gasteiger partial charge in [-0.1, -0.05) is 13.0 Å². The molecule has 0 aromatic carbocycles. The van der Waals surface area contributed by atoms with Crippen molar-refractivity contribution in [1.82, 2.24) is 10.3 Å². The maximum absolute atomic E-state index is 12.3. The number of aliphatic hydroxyl groups is 1. The second-order valence-corrected chi connectivity index (χ2v) is 5.74. The largest absolute Gasteiger partial charge is 0.393 e. The number of rotatable bonds is 4. The van der Waals surface area contributed by atoms with Crippen molar-refractivity contribution >= 4 is 5.91 Å². The number of nitrogens with one attached hydrogen (secondary N) is 1. The number of aromatic nitrogens is 1. The summed E-state index contributed by atoms with van der Waals surface area (Å²) >= 11 is 0. The van der Waals surface area contributed by atoms with Crippen LogP contribution in [0.1, 0.15) is 56.3 Å². The van der Waals surface area contributed by atoms with Gasteiger partial charge in [-0.05, 0) is 50.7 Å². The topological polar surface area (TPSA) is 62.2 Å². The summed E-state index contributed by atoms with van der Waals surface area (Å²) in [6.45, 7) is 4.06. The van der Waals surface area contributed by atoms with Crippen LogP contribution in [0, 0.1) is 12.8 Å². The van der Waals surface area contributed by atoms with Gasteiger partial charge in [-0.15, -0.1) is 0 Å². The van der Waals surface area contributed by atoms with Crippen LogP contribution in [0.15, 0.2) is 18.3 Å². The molecule has 1 amide bonds. The number of hydrogen-bond acceptors (Lipinski definition) is 3. The van der Waals surface area contributed by atoms with E-state index in [4.69, 9.17) is 0 Å². The highest BCUT2D eigenvalue weighted by Gasteiger charge is 2.26. The van der Waals surface area contributed by atoms with Crippen LogP contribution < -0.4 is 5.32 Å². The lowest BCUT2D eigenvalue weighted by Gasteiger charge is -2.26. The molecule has 1 aliphatic rings. The molecular formula is C16H24N2O2. The van der Waals surface area contributed by atoms with Gasteiger partial charge in [-0.25, -0.2) is 0 Å². The fraction of sp³-hybridized carbons (Fsp3) is 0.625. The van der Waals surface area contributed by atoms with Gasteiger partial charge in [0.05, 0.1) is 17.8 Å². The zero-order chi connectivity index (χ0) is 14.5. The maximum atomic E-state index is 12.3. The number of amides is 1. The molecular weight excluding hydrogens is 252 g/mol. The Balaban J connectivity index is 1.95. The van der Waals surface area contributed by atoms with Gasteiger partial charge in [0.15, 0.2) is 0 Å². The lowest BCUT2D eigenvalue weighted by atomic mass is 9.86. The van der Waals surface area contributed by atoms with E-state index >= 15 is 0 Å². The highest BCUT2D eigenvalue weighted by molar-refractivity contribution is 5.79. The van der Waals surface area contributed by atoms with Crippen molar-refractivity contribution in [2.24, 2.45) is 5.92 Å². The van der Waals surface area contributed by atoms with E-state index in [1.807, 2.05) is 25.3 Å². The van der Waals surface area contributed by atoms with Crippen molar-refractivity contribution in [2.75, 3.05) is 0 Å². The molecule has 110 valence electrons. The van der Waals surface area contributed by atoms with E-state index in [1.165, 1.54) is 0 Å². The number of pyridine rings is 1. The van der Waals surface area contributed by atoms with Crippen molar-refractivity contribution in [2.45, 2.75) is 58.1 Å². The molecule has 1 aromatic rings. The summed E-state index contributed by atoms with van der Waals surface area (Å²) in [5, 5.41) is 12.6. The summed E-state index contributed by atoms with van der Waals surface area (Å²) in [6.07, 6.45) is 5.48. The number of aryl methyl sites for hydroxylation is 1. The van der Waals surface area contributed by atoms with E-state index in [9.17, 15) is 9.90 Å². The Morgan fingerprint density at radius 3 is 2.65 bits per heavy atom. The Morgan fingerprint density at radius 2 is 2.10 bits per heavy atom. The van der Waals surface area contributed by atoms with Gasteiger partial charge in [-0.3, -0.25) is 9.78 Å². The van der Waals surface area contributed by atoms with Crippen LogP contribution in [0.3, 0.4) is 0 Å². The molecule has 2 rings (SSSR count). The molecule has 20 heavy (non-hydrogen) atoms. The molecule has 1 aromatic heterocycles. The highest BCUT2D eigenvalue weighted by Crippen LogP contribution is 2.25. The molecule has 0 spiro atoms. The van der Waals surface area contributed by atoms with Crippen molar-refractivity contribution in [3.63, 3.8) is 0 Å². The molecule has 0 saturated heterocycles. The predicted octanol–water partition coefficient (Wildman–Crippen LogP) is 2.51. The minimum atomic E-state index is -0.222. The van der Waals surface area contributed by atoms with Gasteiger partial charge in [0.2, 0.25) is 5.91 Å². The summed E-state index contributed by atoms with van der Waals surface area (Å²) < 4.78 is 0. The molecule has 4 heteroatoms. The normalized spacial score (nSPS) is 24.1. The second kappa shape index (κ2) is 6.84. The third-order valence-corrected chi connectivity index (χ3v) is 4.08. The first kappa shape index (κ1) is 15.0. The lowest BCUT2D eigenvalue weighted by Crippen LogP contribution is -2.36. The summed E-state index contributed by atoms with van der Waals surface area (Å²) in [5.74, 6) is 0.143. The Labute approximate surface area is 120 Å². The van der Waals surface area contributed by atoms with Crippen LogP contribution in [0.5, 0.6) is 0 Å². The van der Waals surface area contributed by atoms with Gasteiger partial charge >= 0.3 is 0 Å². The van der Waals surface area contributed by atoms with E-state index in [0.717, 1.165) is 43.4 Å². The van der Waals surface area contributed by atoms with Crippen molar-refractivity contribution in [3.05, 3.63) is 29.6 Å². The standard InChI is InChI=1S/C16H24N2O2/c1-3-14(15-9-4-11(2)10-17-15)18-16(20)12-5-7-13(19)8-6-12/h4,9-10,12-14,19H,3,5-8H2,1-2H3,(H,18,20)/t12?,13?,14-/m0/s1.